The van der Waals surface area contributed by atoms with Crippen LogP contribution in [-0.4, -0.2) is 27.5 Å². The van der Waals surface area contributed by atoms with Gasteiger partial charge in [0.1, 0.15) is 5.82 Å². The first-order valence-electron chi connectivity index (χ1n) is 5.59. The zero-order valence-corrected chi connectivity index (χ0v) is 10.1. The Hall–Kier alpha value is -0.480. The van der Waals surface area contributed by atoms with Crippen LogP contribution in [0.4, 0.5) is 0 Å². The van der Waals surface area contributed by atoms with Crippen molar-refractivity contribution in [2.75, 3.05) is 12.8 Å². The summed E-state index contributed by atoms with van der Waals surface area (Å²) in [5.41, 5.74) is 0. The zero-order valence-electron chi connectivity index (χ0n) is 9.25. The molecule has 0 aliphatic heterocycles. The number of H-pyrrole nitrogens is 1. The maximum atomic E-state index is 4.20. The molecule has 1 aliphatic rings. The van der Waals surface area contributed by atoms with Gasteiger partial charge < -0.3 is 10.3 Å². The Morgan fingerprint density at radius 2 is 2.33 bits per heavy atom. The monoisotopic (exact) mass is 225 g/mol. The summed E-state index contributed by atoms with van der Waals surface area (Å²) in [5, 5.41) is 3.51. The van der Waals surface area contributed by atoms with Gasteiger partial charge in [-0.15, -0.1) is 0 Å². The number of aromatic amines is 1. The third kappa shape index (κ3) is 2.75. The first kappa shape index (κ1) is 11.0. The summed E-state index contributed by atoms with van der Waals surface area (Å²) in [6.45, 7) is 1.96. The normalized spacial score (nSPS) is 19.5. The number of imidazole rings is 1. The van der Waals surface area contributed by atoms with Crippen LogP contribution < -0.4 is 5.32 Å². The minimum atomic E-state index is 0.493. The molecule has 0 unspecified atom stereocenters. The molecule has 84 valence electrons. The van der Waals surface area contributed by atoms with Crippen LogP contribution in [0, 0.1) is 0 Å². The van der Waals surface area contributed by atoms with Gasteiger partial charge in [-0.05, 0) is 19.1 Å². The Kier molecular flexibility index (Phi) is 3.70. The Morgan fingerprint density at radius 3 is 2.93 bits per heavy atom. The lowest BCUT2D eigenvalue weighted by molar-refractivity contribution is 0.527. The molecule has 2 rings (SSSR count). The van der Waals surface area contributed by atoms with Gasteiger partial charge in [0.05, 0.1) is 6.54 Å². The third-order valence-electron chi connectivity index (χ3n) is 3.24. The molecule has 1 heterocycles. The van der Waals surface area contributed by atoms with Gasteiger partial charge in [-0.3, -0.25) is 0 Å². The number of hydrogen-bond donors (Lipinski definition) is 2. The lowest BCUT2D eigenvalue weighted by Crippen LogP contribution is -2.34. The summed E-state index contributed by atoms with van der Waals surface area (Å²) in [7, 11) is 0. The second-order valence-corrected chi connectivity index (χ2v) is 5.51. The molecule has 0 saturated heterocycles. The molecule has 0 bridgehead atoms. The van der Waals surface area contributed by atoms with Gasteiger partial charge in [0, 0.05) is 23.7 Å². The standard InChI is InChI=1S/C11H19N3S/c1-15-11(4-2-3-5-11)9-12-8-10-13-6-7-14-10/h6-7,12H,2-5,8-9H2,1H3,(H,13,14). The SMILES string of the molecule is CSC1(CNCc2ncc[nH]2)CCCC1. The molecule has 0 spiro atoms. The van der Waals surface area contributed by atoms with Gasteiger partial charge in [0.15, 0.2) is 0 Å². The van der Waals surface area contributed by atoms with E-state index in [9.17, 15) is 0 Å². The maximum Gasteiger partial charge on any atom is 0.120 e. The average molecular weight is 225 g/mol. The van der Waals surface area contributed by atoms with Crippen molar-refractivity contribution in [2.45, 2.75) is 37.0 Å². The lowest BCUT2D eigenvalue weighted by Gasteiger charge is -2.26. The molecule has 2 N–H and O–H groups in total. The van der Waals surface area contributed by atoms with E-state index >= 15 is 0 Å². The van der Waals surface area contributed by atoms with Crippen molar-refractivity contribution in [2.24, 2.45) is 0 Å². The van der Waals surface area contributed by atoms with Crippen molar-refractivity contribution in [3.8, 4) is 0 Å². The molecule has 1 aromatic rings. The van der Waals surface area contributed by atoms with Gasteiger partial charge in [-0.25, -0.2) is 4.98 Å². The van der Waals surface area contributed by atoms with Crippen LogP contribution in [0.25, 0.3) is 0 Å². The van der Waals surface area contributed by atoms with E-state index in [-0.39, 0.29) is 0 Å². The van der Waals surface area contributed by atoms with Crippen molar-refractivity contribution in [1.29, 1.82) is 0 Å². The van der Waals surface area contributed by atoms with Crippen molar-refractivity contribution in [3.63, 3.8) is 0 Å². The van der Waals surface area contributed by atoms with Crippen LogP contribution >= 0.6 is 11.8 Å². The quantitative estimate of drug-likeness (QED) is 0.807. The highest BCUT2D eigenvalue weighted by atomic mass is 32.2. The molecular formula is C11H19N3S. The summed E-state index contributed by atoms with van der Waals surface area (Å²) in [6, 6.07) is 0. The van der Waals surface area contributed by atoms with Gasteiger partial charge in [0.25, 0.3) is 0 Å². The number of rotatable bonds is 5. The van der Waals surface area contributed by atoms with E-state index in [0.717, 1.165) is 18.9 Å². The summed E-state index contributed by atoms with van der Waals surface area (Å²) in [6.07, 6.45) is 11.4. The summed E-state index contributed by atoms with van der Waals surface area (Å²) >= 11 is 2.02. The largest absolute Gasteiger partial charge is 0.348 e. The Morgan fingerprint density at radius 1 is 1.53 bits per heavy atom. The number of thioether (sulfide) groups is 1. The smallest absolute Gasteiger partial charge is 0.120 e. The predicted octanol–water partition coefficient (Wildman–Crippen LogP) is 2.18. The van der Waals surface area contributed by atoms with Crippen LogP contribution in [0.2, 0.25) is 0 Å². The van der Waals surface area contributed by atoms with Crippen LogP contribution in [0.15, 0.2) is 12.4 Å². The highest BCUT2D eigenvalue weighted by Gasteiger charge is 2.32. The van der Waals surface area contributed by atoms with Crippen LogP contribution in [0.3, 0.4) is 0 Å². The number of hydrogen-bond acceptors (Lipinski definition) is 3. The third-order valence-corrected chi connectivity index (χ3v) is 4.66. The van der Waals surface area contributed by atoms with Crippen molar-refractivity contribution in [3.05, 3.63) is 18.2 Å². The number of nitrogens with one attached hydrogen (secondary N) is 2. The molecule has 4 heteroatoms. The fourth-order valence-corrected chi connectivity index (χ4v) is 3.22. The Balaban J connectivity index is 1.77. The first-order valence-corrected chi connectivity index (χ1v) is 6.81. The van der Waals surface area contributed by atoms with Crippen molar-refractivity contribution in [1.82, 2.24) is 15.3 Å². The second kappa shape index (κ2) is 5.03. The van der Waals surface area contributed by atoms with Gasteiger partial charge >= 0.3 is 0 Å². The molecule has 0 amide bonds. The minimum Gasteiger partial charge on any atom is -0.348 e. The maximum absolute atomic E-state index is 4.20. The molecule has 1 fully saturated rings. The van der Waals surface area contributed by atoms with E-state index in [4.69, 9.17) is 0 Å². The van der Waals surface area contributed by atoms with E-state index < -0.39 is 0 Å². The molecule has 0 atom stereocenters. The predicted molar refractivity (Wildman–Crippen MR) is 65.0 cm³/mol. The topological polar surface area (TPSA) is 40.7 Å². The highest BCUT2D eigenvalue weighted by molar-refractivity contribution is 8.00. The van der Waals surface area contributed by atoms with E-state index in [1.165, 1.54) is 25.7 Å². The van der Waals surface area contributed by atoms with Crippen molar-refractivity contribution >= 4 is 11.8 Å². The van der Waals surface area contributed by atoms with E-state index in [1.807, 2.05) is 18.0 Å². The second-order valence-electron chi connectivity index (χ2n) is 4.23. The van der Waals surface area contributed by atoms with Crippen LogP contribution in [0.5, 0.6) is 0 Å². The summed E-state index contributed by atoms with van der Waals surface area (Å²) in [5.74, 6) is 1.03. The highest BCUT2D eigenvalue weighted by Crippen LogP contribution is 2.39. The molecule has 1 aromatic heterocycles. The molecule has 1 saturated carbocycles. The first-order chi connectivity index (χ1) is 7.35. The van der Waals surface area contributed by atoms with E-state index in [1.54, 1.807) is 6.20 Å². The lowest BCUT2D eigenvalue weighted by atomic mass is 10.1. The fourth-order valence-electron chi connectivity index (χ4n) is 2.28. The van der Waals surface area contributed by atoms with E-state index in [2.05, 4.69) is 21.5 Å². The number of nitrogens with zero attached hydrogens (tertiary/aromatic N) is 1. The summed E-state index contributed by atoms with van der Waals surface area (Å²) in [4.78, 5) is 7.32. The Bertz CT molecular complexity index is 278. The fraction of sp³-hybridized carbons (Fsp3) is 0.727. The van der Waals surface area contributed by atoms with E-state index in [0.29, 0.717) is 4.75 Å². The zero-order chi connectivity index (χ0) is 10.6. The molecule has 15 heavy (non-hydrogen) atoms. The molecule has 1 aliphatic carbocycles. The molecule has 3 nitrogen and oxygen atoms in total. The average Bonchev–Trinajstić information content (AvgIpc) is 2.89. The van der Waals surface area contributed by atoms with Crippen molar-refractivity contribution < 1.29 is 0 Å². The van der Waals surface area contributed by atoms with Gasteiger partial charge in [-0.2, -0.15) is 11.8 Å². The molecule has 0 radical (unpaired) electrons. The van der Waals surface area contributed by atoms with Gasteiger partial charge in [0.2, 0.25) is 0 Å². The molecule has 0 aromatic carbocycles. The molecular weight excluding hydrogens is 206 g/mol. The minimum absolute atomic E-state index is 0.493. The van der Waals surface area contributed by atoms with Crippen LogP contribution in [0.1, 0.15) is 31.5 Å². The summed E-state index contributed by atoms with van der Waals surface area (Å²) < 4.78 is 0.493. The van der Waals surface area contributed by atoms with Gasteiger partial charge in [-0.1, -0.05) is 12.8 Å². The number of aromatic nitrogens is 2. The Labute approximate surface area is 95.4 Å². The van der Waals surface area contributed by atoms with Crippen LogP contribution in [-0.2, 0) is 6.54 Å².